The summed E-state index contributed by atoms with van der Waals surface area (Å²) in [7, 11) is 0. The molecule has 0 aromatic carbocycles. The summed E-state index contributed by atoms with van der Waals surface area (Å²) in [5.74, 6) is 0.0221. The van der Waals surface area contributed by atoms with Crippen molar-refractivity contribution in [1.82, 2.24) is 0 Å². The maximum Gasteiger partial charge on any atom is 0.335 e. The fourth-order valence-corrected chi connectivity index (χ4v) is 7.64. The third-order valence-corrected chi connectivity index (χ3v) is 9.63. The summed E-state index contributed by atoms with van der Waals surface area (Å²) in [6.07, 6.45) is 5.10. The van der Waals surface area contributed by atoms with E-state index >= 15 is 0 Å². The molecule has 0 amide bonds. The van der Waals surface area contributed by atoms with Crippen LogP contribution in [0.25, 0.3) is 0 Å². The Bertz CT molecular complexity index is 842. The van der Waals surface area contributed by atoms with Crippen molar-refractivity contribution in [2.24, 2.45) is 29.6 Å². The standard InChI is InChI=1S/C30H48O7/c1-7-8-9-10-11-22(32)29(33)37-27-18(3)15-21-19(4)16-34-30(6)24(35-20(5)31)13-12-17(2)14-23-26(27)25(21)28(30)36-23/h18-19,21-28,32H,2,7-16H2,1,3-6H3/t18-,19+,21?,22?,23?,24-,25+,26+,27-,28?,30+/m1/s1. The Morgan fingerprint density at radius 3 is 2.62 bits per heavy atom. The maximum absolute atomic E-state index is 13.1. The van der Waals surface area contributed by atoms with Gasteiger partial charge in [-0.2, -0.15) is 0 Å². The Balaban J connectivity index is 1.64. The molecule has 1 saturated carbocycles. The fraction of sp³-hybridized carbons (Fsp3) is 0.867. The van der Waals surface area contributed by atoms with Crippen LogP contribution in [-0.4, -0.2) is 59.8 Å². The van der Waals surface area contributed by atoms with Crippen LogP contribution in [0.1, 0.15) is 92.4 Å². The summed E-state index contributed by atoms with van der Waals surface area (Å²) in [5, 5.41) is 10.6. The van der Waals surface area contributed by atoms with Gasteiger partial charge in [-0.25, -0.2) is 4.79 Å². The molecule has 3 heterocycles. The second-order valence-corrected chi connectivity index (χ2v) is 12.5. The van der Waals surface area contributed by atoms with Gasteiger partial charge in [0.15, 0.2) is 6.10 Å². The number of hydrogen-bond acceptors (Lipinski definition) is 7. The smallest absolute Gasteiger partial charge is 0.335 e. The highest BCUT2D eigenvalue weighted by molar-refractivity contribution is 5.74. The van der Waals surface area contributed by atoms with Crippen molar-refractivity contribution >= 4 is 11.9 Å². The molecule has 4 aliphatic rings. The Hall–Kier alpha value is -1.44. The molecule has 0 aromatic heterocycles. The van der Waals surface area contributed by atoms with E-state index in [1.807, 2.05) is 6.92 Å². The molecule has 210 valence electrons. The number of esters is 2. The minimum absolute atomic E-state index is 0.0219. The van der Waals surface area contributed by atoms with E-state index in [2.05, 4.69) is 27.4 Å². The highest BCUT2D eigenvalue weighted by Crippen LogP contribution is 2.58. The third-order valence-electron chi connectivity index (χ3n) is 9.63. The van der Waals surface area contributed by atoms with Gasteiger partial charge in [0, 0.05) is 18.8 Å². The molecule has 11 atom stereocenters. The zero-order valence-corrected chi connectivity index (χ0v) is 23.4. The molecule has 7 nitrogen and oxygen atoms in total. The van der Waals surface area contributed by atoms with Gasteiger partial charge < -0.3 is 24.1 Å². The molecule has 4 rings (SSSR count). The van der Waals surface area contributed by atoms with E-state index in [4.69, 9.17) is 18.9 Å². The molecular formula is C30H48O7. The average molecular weight is 521 g/mol. The molecule has 0 spiro atoms. The van der Waals surface area contributed by atoms with Crippen molar-refractivity contribution in [3.8, 4) is 0 Å². The Morgan fingerprint density at radius 2 is 1.92 bits per heavy atom. The van der Waals surface area contributed by atoms with Crippen LogP contribution in [0.15, 0.2) is 12.2 Å². The van der Waals surface area contributed by atoms with Crippen LogP contribution in [0.4, 0.5) is 0 Å². The number of hydrogen-bond donors (Lipinski definition) is 1. The lowest BCUT2D eigenvalue weighted by molar-refractivity contribution is -0.201. The summed E-state index contributed by atoms with van der Waals surface area (Å²) < 4.78 is 25.5. The van der Waals surface area contributed by atoms with Gasteiger partial charge in [0.25, 0.3) is 0 Å². The molecule has 37 heavy (non-hydrogen) atoms. The molecule has 4 unspecified atom stereocenters. The van der Waals surface area contributed by atoms with Crippen molar-refractivity contribution in [2.45, 2.75) is 129 Å². The van der Waals surface area contributed by atoms with Gasteiger partial charge in [0.05, 0.1) is 18.8 Å². The second-order valence-electron chi connectivity index (χ2n) is 12.5. The summed E-state index contributed by atoms with van der Waals surface area (Å²) in [5.41, 5.74) is 0.249. The van der Waals surface area contributed by atoms with Crippen molar-refractivity contribution in [2.75, 3.05) is 6.61 Å². The molecule has 3 saturated heterocycles. The van der Waals surface area contributed by atoms with Gasteiger partial charge in [-0.15, -0.1) is 0 Å². The van der Waals surface area contributed by atoms with Gasteiger partial charge >= 0.3 is 11.9 Å². The number of carbonyl (C=O) groups is 2. The zero-order chi connectivity index (χ0) is 26.9. The normalized spacial score (nSPS) is 42.1. The number of aliphatic hydroxyl groups excluding tert-OH is 1. The summed E-state index contributed by atoms with van der Waals surface area (Å²) in [6, 6.07) is 0. The third kappa shape index (κ3) is 5.79. The summed E-state index contributed by atoms with van der Waals surface area (Å²) in [4.78, 5) is 25.2. The molecule has 7 heteroatoms. The summed E-state index contributed by atoms with van der Waals surface area (Å²) in [6.45, 7) is 14.9. The molecule has 1 N–H and O–H groups in total. The molecule has 2 bridgehead atoms. The van der Waals surface area contributed by atoms with Crippen LogP contribution in [0, 0.1) is 29.6 Å². The van der Waals surface area contributed by atoms with E-state index in [0.29, 0.717) is 37.7 Å². The predicted molar refractivity (Wildman–Crippen MR) is 140 cm³/mol. The largest absolute Gasteiger partial charge is 0.460 e. The van der Waals surface area contributed by atoms with E-state index in [9.17, 15) is 14.7 Å². The van der Waals surface area contributed by atoms with E-state index in [0.717, 1.165) is 44.1 Å². The van der Waals surface area contributed by atoms with E-state index in [-0.39, 0.29) is 42.0 Å². The lowest BCUT2D eigenvalue weighted by Crippen LogP contribution is -2.57. The van der Waals surface area contributed by atoms with Gasteiger partial charge in [0.1, 0.15) is 17.8 Å². The second kappa shape index (κ2) is 11.7. The highest BCUT2D eigenvalue weighted by atomic mass is 16.6. The fourth-order valence-electron chi connectivity index (χ4n) is 7.64. The molecule has 0 radical (unpaired) electrons. The minimum Gasteiger partial charge on any atom is -0.460 e. The monoisotopic (exact) mass is 520 g/mol. The number of rotatable bonds is 8. The number of fused-ring (bicyclic) bond motifs is 2. The number of aliphatic hydroxyl groups is 1. The number of unbranched alkanes of at least 4 members (excludes halogenated alkanes) is 3. The lowest BCUT2D eigenvalue weighted by Gasteiger charge is -2.47. The van der Waals surface area contributed by atoms with Crippen molar-refractivity contribution in [3.63, 3.8) is 0 Å². The molecule has 1 aliphatic carbocycles. The predicted octanol–water partition coefficient (Wildman–Crippen LogP) is 4.98. The number of ether oxygens (including phenoxy) is 4. The first-order valence-electron chi connectivity index (χ1n) is 14.6. The molecule has 0 aromatic rings. The molecular weight excluding hydrogens is 472 g/mol. The van der Waals surface area contributed by atoms with E-state index < -0.39 is 23.8 Å². The molecule has 3 aliphatic heterocycles. The highest BCUT2D eigenvalue weighted by Gasteiger charge is 2.65. The Labute approximate surface area is 222 Å². The molecule has 4 fully saturated rings. The first-order valence-corrected chi connectivity index (χ1v) is 14.6. The van der Waals surface area contributed by atoms with Gasteiger partial charge in [-0.05, 0) is 56.8 Å². The van der Waals surface area contributed by atoms with Crippen LogP contribution in [-0.2, 0) is 28.5 Å². The average Bonchev–Trinajstić information content (AvgIpc) is 3.19. The quantitative estimate of drug-likeness (QED) is 0.274. The van der Waals surface area contributed by atoms with Crippen molar-refractivity contribution in [3.05, 3.63) is 12.2 Å². The van der Waals surface area contributed by atoms with Gasteiger partial charge in [-0.3, -0.25) is 4.79 Å². The lowest BCUT2D eigenvalue weighted by atomic mass is 9.59. The Kier molecular flexibility index (Phi) is 9.07. The SMILES string of the molecule is C=C1CC[C@@H](OC(C)=O)[C@]2(C)OC[C@H](C)C3C[C@@H](C)[C@@H](OC(=O)C(O)CCCCCC)[C@H]4C(C1)OC2[C@@H]34. The van der Waals surface area contributed by atoms with Crippen LogP contribution in [0.5, 0.6) is 0 Å². The van der Waals surface area contributed by atoms with Crippen LogP contribution >= 0.6 is 0 Å². The Morgan fingerprint density at radius 1 is 1.16 bits per heavy atom. The topological polar surface area (TPSA) is 91.3 Å². The van der Waals surface area contributed by atoms with Crippen molar-refractivity contribution < 1.29 is 33.6 Å². The van der Waals surface area contributed by atoms with Gasteiger partial charge in [0.2, 0.25) is 0 Å². The van der Waals surface area contributed by atoms with Crippen LogP contribution in [0.2, 0.25) is 0 Å². The summed E-state index contributed by atoms with van der Waals surface area (Å²) >= 11 is 0. The first kappa shape index (κ1) is 28.6. The zero-order valence-electron chi connectivity index (χ0n) is 23.4. The minimum atomic E-state index is -1.10. The van der Waals surface area contributed by atoms with Crippen molar-refractivity contribution in [1.29, 1.82) is 0 Å². The van der Waals surface area contributed by atoms with Crippen LogP contribution in [0.3, 0.4) is 0 Å². The number of carbonyl (C=O) groups excluding carboxylic acids is 2. The van der Waals surface area contributed by atoms with E-state index in [1.165, 1.54) is 6.92 Å². The maximum atomic E-state index is 13.1. The van der Waals surface area contributed by atoms with Gasteiger partial charge in [-0.1, -0.05) is 58.6 Å². The first-order chi connectivity index (χ1) is 17.6. The van der Waals surface area contributed by atoms with E-state index in [1.54, 1.807) is 0 Å². The van der Waals surface area contributed by atoms with Crippen LogP contribution < -0.4 is 0 Å².